The number of hydrogen-bond acceptors (Lipinski definition) is 3. The van der Waals surface area contributed by atoms with Crippen LogP contribution in [0.1, 0.15) is 45.1 Å². The molecule has 1 saturated heterocycles. The van der Waals surface area contributed by atoms with E-state index < -0.39 is 0 Å². The fourth-order valence-electron chi connectivity index (χ4n) is 2.71. The molecule has 0 aromatic heterocycles. The van der Waals surface area contributed by atoms with Crippen molar-refractivity contribution in [2.45, 2.75) is 45.6 Å². The Balaban J connectivity index is 1.72. The molecule has 5 heteroatoms. The molecule has 1 aromatic carbocycles. The van der Waals surface area contributed by atoms with Crippen LogP contribution < -0.4 is 10.1 Å². The van der Waals surface area contributed by atoms with Crippen LogP contribution >= 0.6 is 0 Å². The van der Waals surface area contributed by atoms with Crippen molar-refractivity contribution >= 4 is 11.8 Å². The first kappa shape index (κ1) is 17.3. The monoisotopic (exact) mass is 318 g/mol. The van der Waals surface area contributed by atoms with Crippen molar-refractivity contribution in [3.8, 4) is 5.75 Å². The fourth-order valence-corrected chi connectivity index (χ4v) is 2.71. The van der Waals surface area contributed by atoms with E-state index >= 15 is 0 Å². The standard InChI is InChI=1S/C18H26N2O3/c1-13(2)15-4-6-17(7-5-15)23-12-18(22)19-16-8-10-20(11-9-16)14(3)21/h4-7,13,16H,8-12H2,1-3H3,(H,19,22). The van der Waals surface area contributed by atoms with Gasteiger partial charge in [-0.1, -0.05) is 26.0 Å². The van der Waals surface area contributed by atoms with Crippen molar-refractivity contribution < 1.29 is 14.3 Å². The van der Waals surface area contributed by atoms with Crippen LogP contribution in [0.4, 0.5) is 0 Å². The first-order chi connectivity index (χ1) is 11.0. The lowest BCUT2D eigenvalue weighted by Gasteiger charge is -2.31. The maximum atomic E-state index is 12.0. The van der Waals surface area contributed by atoms with Crippen LogP contribution in [0.3, 0.4) is 0 Å². The Hall–Kier alpha value is -2.04. The second kappa shape index (κ2) is 7.99. The van der Waals surface area contributed by atoms with E-state index in [0.29, 0.717) is 24.8 Å². The van der Waals surface area contributed by atoms with Crippen LogP contribution in [-0.4, -0.2) is 42.5 Å². The van der Waals surface area contributed by atoms with E-state index in [0.717, 1.165) is 12.8 Å². The predicted molar refractivity (Wildman–Crippen MR) is 89.4 cm³/mol. The lowest BCUT2D eigenvalue weighted by atomic mass is 10.0. The molecular weight excluding hydrogens is 292 g/mol. The number of likely N-dealkylation sites (tertiary alicyclic amines) is 1. The van der Waals surface area contributed by atoms with Crippen molar-refractivity contribution in [2.24, 2.45) is 0 Å². The van der Waals surface area contributed by atoms with Crippen LogP contribution in [0, 0.1) is 0 Å². The van der Waals surface area contributed by atoms with Crippen molar-refractivity contribution in [1.29, 1.82) is 0 Å². The van der Waals surface area contributed by atoms with Gasteiger partial charge in [-0.25, -0.2) is 0 Å². The highest BCUT2D eigenvalue weighted by Gasteiger charge is 2.21. The second-order valence-electron chi connectivity index (χ2n) is 6.36. The Kier molecular flexibility index (Phi) is 6.02. The highest BCUT2D eigenvalue weighted by Crippen LogP contribution is 2.18. The number of carbonyl (C=O) groups excluding carboxylic acids is 2. The molecule has 2 rings (SSSR count). The van der Waals surface area contributed by atoms with E-state index in [-0.39, 0.29) is 24.5 Å². The number of benzene rings is 1. The maximum Gasteiger partial charge on any atom is 0.258 e. The van der Waals surface area contributed by atoms with Gasteiger partial charge in [0.15, 0.2) is 6.61 Å². The van der Waals surface area contributed by atoms with Gasteiger partial charge in [-0.2, -0.15) is 0 Å². The van der Waals surface area contributed by atoms with E-state index in [1.165, 1.54) is 5.56 Å². The van der Waals surface area contributed by atoms with E-state index in [1.54, 1.807) is 6.92 Å². The number of ether oxygens (including phenoxy) is 1. The van der Waals surface area contributed by atoms with Crippen molar-refractivity contribution in [2.75, 3.05) is 19.7 Å². The Morgan fingerprint density at radius 3 is 2.35 bits per heavy atom. The number of hydrogen-bond donors (Lipinski definition) is 1. The quantitative estimate of drug-likeness (QED) is 0.906. The summed E-state index contributed by atoms with van der Waals surface area (Å²) in [6.07, 6.45) is 1.60. The van der Waals surface area contributed by atoms with Gasteiger partial charge in [0.1, 0.15) is 5.75 Å². The summed E-state index contributed by atoms with van der Waals surface area (Å²) in [5.41, 5.74) is 1.25. The Labute approximate surface area is 138 Å². The minimum Gasteiger partial charge on any atom is -0.484 e. The molecule has 1 aliphatic rings. The van der Waals surface area contributed by atoms with Gasteiger partial charge in [-0.3, -0.25) is 9.59 Å². The van der Waals surface area contributed by atoms with Gasteiger partial charge in [0.05, 0.1) is 0 Å². The van der Waals surface area contributed by atoms with Crippen LogP contribution in [0.5, 0.6) is 5.75 Å². The van der Waals surface area contributed by atoms with Gasteiger partial charge in [-0.05, 0) is 36.5 Å². The Morgan fingerprint density at radius 1 is 1.22 bits per heavy atom. The third-order valence-corrected chi connectivity index (χ3v) is 4.22. The molecule has 0 atom stereocenters. The lowest BCUT2D eigenvalue weighted by molar-refractivity contribution is -0.130. The Morgan fingerprint density at radius 2 is 1.83 bits per heavy atom. The molecule has 0 unspecified atom stereocenters. The van der Waals surface area contributed by atoms with Crippen molar-refractivity contribution in [1.82, 2.24) is 10.2 Å². The predicted octanol–water partition coefficient (Wildman–Crippen LogP) is 2.32. The van der Waals surface area contributed by atoms with E-state index in [2.05, 4.69) is 19.2 Å². The normalized spacial score (nSPS) is 15.6. The molecule has 1 heterocycles. The highest BCUT2D eigenvalue weighted by molar-refractivity contribution is 5.78. The summed E-state index contributed by atoms with van der Waals surface area (Å²) in [5.74, 6) is 1.17. The average molecular weight is 318 g/mol. The smallest absolute Gasteiger partial charge is 0.258 e. The van der Waals surface area contributed by atoms with Crippen LogP contribution in [0.2, 0.25) is 0 Å². The van der Waals surface area contributed by atoms with Gasteiger partial charge in [-0.15, -0.1) is 0 Å². The molecule has 0 spiro atoms. The SMILES string of the molecule is CC(=O)N1CCC(NC(=O)COc2ccc(C(C)C)cc2)CC1. The second-order valence-corrected chi connectivity index (χ2v) is 6.36. The lowest BCUT2D eigenvalue weighted by Crippen LogP contribution is -2.47. The first-order valence-electron chi connectivity index (χ1n) is 8.23. The van der Waals surface area contributed by atoms with Crippen LogP contribution in [-0.2, 0) is 9.59 Å². The number of nitrogens with one attached hydrogen (secondary N) is 1. The van der Waals surface area contributed by atoms with E-state index in [1.807, 2.05) is 29.2 Å². The van der Waals surface area contributed by atoms with Gasteiger partial charge in [0.2, 0.25) is 5.91 Å². The van der Waals surface area contributed by atoms with Crippen molar-refractivity contribution in [3.05, 3.63) is 29.8 Å². The number of nitrogens with zero attached hydrogens (tertiary/aromatic N) is 1. The summed E-state index contributed by atoms with van der Waals surface area (Å²) >= 11 is 0. The molecule has 2 amide bonds. The molecule has 1 aliphatic heterocycles. The van der Waals surface area contributed by atoms with Crippen LogP contribution in [0.25, 0.3) is 0 Å². The van der Waals surface area contributed by atoms with E-state index in [4.69, 9.17) is 4.74 Å². The molecular formula is C18H26N2O3. The number of rotatable bonds is 5. The van der Waals surface area contributed by atoms with Gasteiger partial charge in [0, 0.05) is 26.1 Å². The van der Waals surface area contributed by atoms with Gasteiger partial charge in [0.25, 0.3) is 5.91 Å². The van der Waals surface area contributed by atoms with Crippen molar-refractivity contribution in [3.63, 3.8) is 0 Å². The largest absolute Gasteiger partial charge is 0.484 e. The summed E-state index contributed by atoms with van der Waals surface area (Å²) in [4.78, 5) is 25.0. The zero-order valence-corrected chi connectivity index (χ0v) is 14.2. The molecule has 23 heavy (non-hydrogen) atoms. The summed E-state index contributed by atoms with van der Waals surface area (Å²) in [6, 6.07) is 7.97. The molecule has 1 N–H and O–H groups in total. The minimum atomic E-state index is -0.112. The topological polar surface area (TPSA) is 58.6 Å². The van der Waals surface area contributed by atoms with Crippen LogP contribution in [0.15, 0.2) is 24.3 Å². The maximum absolute atomic E-state index is 12.0. The summed E-state index contributed by atoms with van der Waals surface area (Å²) in [5, 5.41) is 2.98. The summed E-state index contributed by atoms with van der Waals surface area (Å²) < 4.78 is 5.53. The molecule has 0 radical (unpaired) electrons. The molecule has 0 aliphatic carbocycles. The molecule has 5 nitrogen and oxygen atoms in total. The average Bonchev–Trinajstić information content (AvgIpc) is 2.54. The molecule has 0 bridgehead atoms. The zero-order valence-electron chi connectivity index (χ0n) is 14.2. The third-order valence-electron chi connectivity index (χ3n) is 4.22. The first-order valence-corrected chi connectivity index (χ1v) is 8.23. The summed E-state index contributed by atoms with van der Waals surface area (Å²) in [7, 11) is 0. The minimum absolute atomic E-state index is 0.0218. The fraction of sp³-hybridized carbons (Fsp3) is 0.556. The molecule has 1 fully saturated rings. The van der Waals surface area contributed by atoms with Gasteiger partial charge >= 0.3 is 0 Å². The number of carbonyl (C=O) groups is 2. The third kappa shape index (κ3) is 5.27. The number of amides is 2. The summed E-state index contributed by atoms with van der Waals surface area (Å²) in [6.45, 7) is 7.29. The molecule has 1 aromatic rings. The molecule has 126 valence electrons. The van der Waals surface area contributed by atoms with E-state index in [9.17, 15) is 9.59 Å². The number of piperidine rings is 1. The zero-order chi connectivity index (χ0) is 16.8. The van der Waals surface area contributed by atoms with Gasteiger partial charge < -0.3 is 15.0 Å². The molecule has 0 saturated carbocycles. The Bertz CT molecular complexity index is 532. The highest BCUT2D eigenvalue weighted by atomic mass is 16.5.